The number of hydrogen-bond acceptors (Lipinski definition) is 2. The summed E-state index contributed by atoms with van der Waals surface area (Å²) in [7, 11) is 0. The summed E-state index contributed by atoms with van der Waals surface area (Å²) in [5.74, 6) is -0.853. The average molecular weight is 202 g/mol. The first kappa shape index (κ1) is 9.45. The largest absolute Gasteiger partial charge is 0.481 e. The lowest BCUT2D eigenvalue weighted by atomic mass is 10.1. The predicted molar refractivity (Wildman–Crippen MR) is 55.4 cm³/mol. The average Bonchev–Trinajstić information content (AvgIpc) is 2.66. The second-order valence-electron chi connectivity index (χ2n) is 3.21. The highest BCUT2D eigenvalue weighted by molar-refractivity contribution is 5.74. The number of carbonyl (C=O) groups is 1. The molecule has 0 spiro atoms. The van der Waals surface area contributed by atoms with Gasteiger partial charge in [-0.05, 0) is 5.56 Å². The summed E-state index contributed by atoms with van der Waals surface area (Å²) in [5.41, 5.74) is 2.43. The number of rotatable bonds is 3. The summed E-state index contributed by atoms with van der Waals surface area (Å²) in [6.45, 7) is 0. The number of benzene rings is 1. The lowest BCUT2D eigenvalue weighted by molar-refractivity contribution is -0.136. The minimum Gasteiger partial charge on any atom is -0.481 e. The van der Waals surface area contributed by atoms with E-state index in [1.54, 1.807) is 6.20 Å². The van der Waals surface area contributed by atoms with Crippen molar-refractivity contribution in [2.24, 2.45) is 0 Å². The molecule has 2 N–H and O–H groups in total. The van der Waals surface area contributed by atoms with Gasteiger partial charge in [0.15, 0.2) is 0 Å². The van der Waals surface area contributed by atoms with Crippen LogP contribution >= 0.6 is 0 Å². The molecule has 0 radical (unpaired) electrons. The summed E-state index contributed by atoms with van der Waals surface area (Å²) in [5, 5.41) is 15.4. The van der Waals surface area contributed by atoms with Crippen LogP contribution in [0.5, 0.6) is 0 Å². The van der Waals surface area contributed by atoms with E-state index in [9.17, 15) is 4.79 Å². The zero-order chi connectivity index (χ0) is 10.7. The molecule has 4 nitrogen and oxygen atoms in total. The van der Waals surface area contributed by atoms with E-state index in [4.69, 9.17) is 5.11 Å². The summed E-state index contributed by atoms with van der Waals surface area (Å²) in [6.07, 6.45) is 1.54. The molecule has 4 heteroatoms. The predicted octanol–water partition coefficient (Wildman–Crippen LogP) is 1.70. The van der Waals surface area contributed by atoms with Crippen molar-refractivity contribution in [3.05, 3.63) is 42.1 Å². The third kappa shape index (κ3) is 2.04. The van der Waals surface area contributed by atoms with Gasteiger partial charge in [-0.2, -0.15) is 5.10 Å². The van der Waals surface area contributed by atoms with Crippen LogP contribution in [0.4, 0.5) is 0 Å². The Morgan fingerprint density at radius 2 is 2.07 bits per heavy atom. The van der Waals surface area contributed by atoms with E-state index >= 15 is 0 Å². The quantitative estimate of drug-likeness (QED) is 0.796. The van der Waals surface area contributed by atoms with Gasteiger partial charge < -0.3 is 5.11 Å². The van der Waals surface area contributed by atoms with Gasteiger partial charge in [0.1, 0.15) is 0 Å². The topological polar surface area (TPSA) is 66.0 Å². The van der Waals surface area contributed by atoms with E-state index in [2.05, 4.69) is 10.2 Å². The highest BCUT2D eigenvalue weighted by Crippen LogP contribution is 2.20. The number of carboxylic acid groups (broad SMARTS) is 1. The van der Waals surface area contributed by atoms with Crippen molar-refractivity contribution in [3.8, 4) is 11.3 Å². The number of aliphatic carboxylic acids is 1. The Bertz CT molecular complexity index is 462. The first-order chi connectivity index (χ1) is 7.27. The fourth-order valence-electron chi connectivity index (χ4n) is 1.46. The fourth-order valence-corrected chi connectivity index (χ4v) is 1.46. The zero-order valence-corrected chi connectivity index (χ0v) is 7.97. The highest BCUT2D eigenvalue weighted by Gasteiger charge is 2.09. The SMILES string of the molecule is O=C(O)Cc1cn[nH]c1-c1ccccc1. The number of nitrogens with one attached hydrogen (secondary N) is 1. The summed E-state index contributed by atoms with van der Waals surface area (Å²) in [6, 6.07) is 9.55. The molecule has 0 fully saturated rings. The van der Waals surface area contributed by atoms with Crippen molar-refractivity contribution in [3.63, 3.8) is 0 Å². The molecule has 1 aromatic carbocycles. The lowest BCUT2D eigenvalue weighted by Gasteiger charge is -2.00. The Labute approximate surface area is 86.6 Å². The maximum atomic E-state index is 10.6. The molecular weight excluding hydrogens is 192 g/mol. The van der Waals surface area contributed by atoms with Gasteiger partial charge in [-0.3, -0.25) is 9.89 Å². The molecule has 15 heavy (non-hydrogen) atoms. The van der Waals surface area contributed by atoms with E-state index in [1.807, 2.05) is 30.3 Å². The molecule has 0 amide bonds. The van der Waals surface area contributed by atoms with E-state index < -0.39 is 5.97 Å². The molecule has 2 aromatic rings. The molecule has 0 aliphatic rings. The molecule has 0 bridgehead atoms. The maximum absolute atomic E-state index is 10.6. The molecule has 0 saturated heterocycles. The molecular formula is C11H10N2O2. The molecule has 1 heterocycles. The minimum absolute atomic E-state index is 0.0132. The Kier molecular flexibility index (Phi) is 2.49. The van der Waals surface area contributed by atoms with Crippen LogP contribution in [0.3, 0.4) is 0 Å². The van der Waals surface area contributed by atoms with Crippen LogP contribution in [0.15, 0.2) is 36.5 Å². The third-order valence-corrected chi connectivity index (χ3v) is 2.12. The second kappa shape index (κ2) is 3.96. The Morgan fingerprint density at radius 1 is 1.33 bits per heavy atom. The van der Waals surface area contributed by atoms with Crippen molar-refractivity contribution < 1.29 is 9.90 Å². The standard InChI is InChI=1S/C11H10N2O2/c14-10(15)6-9-7-12-13-11(9)8-4-2-1-3-5-8/h1-5,7H,6H2,(H,12,13)(H,14,15). The number of aromatic nitrogens is 2. The Balaban J connectivity index is 2.37. The molecule has 1 aromatic heterocycles. The van der Waals surface area contributed by atoms with Crippen molar-refractivity contribution in [1.29, 1.82) is 0 Å². The number of hydrogen-bond donors (Lipinski definition) is 2. The lowest BCUT2D eigenvalue weighted by Crippen LogP contribution is -2.00. The molecule has 0 atom stereocenters. The van der Waals surface area contributed by atoms with E-state index in [0.717, 1.165) is 11.3 Å². The molecule has 76 valence electrons. The molecule has 0 aliphatic carbocycles. The van der Waals surface area contributed by atoms with E-state index in [-0.39, 0.29) is 6.42 Å². The number of nitrogens with zero attached hydrogens (tertiary/aromatic N) is 1. The number of carboxylic acids is 1. The first-order valence-electron chi connectivity index (χ1n) is 4.57. The molecule has 2 rings (SSSR count). The van der Waals surface area contributed by atoms with Gasteiger partial charge in [0.2, 0.25) is 0 Å². The Hall–Kier alpha value is -2.10. The third-order valence-electron chi connectivity index (χ3n) is 2.12. The number of aromatic amines is 1. The smallest absolute Gasteiger partial charge is 0.307 e. The maximum Gasteiger partial charge on any atom is 0.307 e. The molecule has 0 saturated carbocycles. The van der Waals surface area contributed by atoms with Crippen molar-refractivity contribution >= 4 is 5.97 Å². The van der Waals surface area contributed by atoms with Crippen LogP contribution in [0.2, 0.25) is 0 Å². The van der Waals surface area contributed by atoms with Crippen LogP contribution in [-0.2, 0) is 11.2 Å². The Morgan fingerprint density at radius 3 is 2.73 bits per heavy atom. The number of H-pyrrole nitrogens is 1. The van der Waals surface area contributed by atoms with Crippen LogP contribution in [0.25, 0.3) is 11.3 Å². The van der Waals surface area contributed by atoms with E-state index in [0.29, 0.717) is 5.56 Å². The highest BCUT2D eigenvalue weighted by atomic mass is 16.4. The van der Waals surface area contributed by atoms with Gasteiger partial charge in [0, 0.05) is 5.56 Å². The van der Waals surface area contributed by atoms with Crippen molar-refractivity contribution in [2.75, 3.05) is 0 Å². The monoisotopic (exact) mass is 202 g/mol. The van der Waals surface area contributed by atoms with Gasteiger partial charge in [0.25, 0.3) is 0 Å². The molecule has 0 unspecified atom stereocenters. The van der Waals surface area contributed by atoms with Crippen LogP contribution < -0.4 is 0 Å². The minimum atomic E-state index is -0.853. The fraction of sp³-hybridized carbons (Fsp3) is 0.0909. The van der Waals surface area contributed by atoms with Gasteiger partial charge in [-0.15, -0.1) is 0 Å². The summed E-state index contributed by atoms with van der Waals surface area (Å²) >= 11 is 0. The second-order valence-corrected chi connectivity index (χ2v) is 3.21. The van der Waals surface area contributed by atoms with Crippen molar-refractivity contribution in [2.45, 2.75) is 6.42 Å². The van der Waals surface area contributed by atoms with Crippen LogP contribution in [0, 0.1) is 0 Å². The summed E-state index contributed by atoms with van der Waals surface area (Å²) in [4.78, 5) is 10.6. The van der Waals surface area contributed by atoms with Crippen LogP contribution in [-0.4, -0.2) is 21.3 Å². The van der Waals surface area contributed by atoms with Gasteiger partial charge in [-0.1, -0.05) is 30.3 Å². The van der Waals surface area contributed by atoms with E-state index in [1.165, 1.54) is 0 Å². The van der Waals surface area contributed by atoms with Gasteiger partial charge in [-0.25, -0.2) is 0 Å². The van der Waals surface area contributed by atoms with Crippen molar-refractivity contribution in [1.82, 2.24) is 10.2 Å². The summed E-state index contributed by atoms with van der Waals surface area (Å²) < 4.78 is 0. The molecule has 0 aliphatic heterocycles. The van der Waals surface area contributed by atoms with Gasteiger partial charge in [0.05, 0.1) is 18.3 Å². The zero-order valence-electron chi connectivity index (χ0n) is 7.97. The van der Waals surface area contributed by atoms with Crippen LogP contribution in [0.1, 0.15) is 5.56 Å². The normalized spacial score (nSPS) is 10.1. The van der Waals surface area contributed by atoms with Gasteiger partial charge >= 0.3 is 5.97 Å². The first-order valence-corrected chi connectivity index (χ1v) is 4.57.